The second kappa shape index (κ2) is 10.6. The maximum atomic E-state index is 13.5. The van der Waals surface area contributed by atoms with Gasteiger partial charge in [0.1, 0.15) is 0 Å². The van der Waals surface area contributed by atoms with Gasteiger partial charge >= 0.3 is 12.2 Å². The number of aromatic nitrogens is 3. The van der Waals surface area contributed by atoms with Gasteiger partial charge in [-0.25, -0.2) is 14.8 Å². The molecule has 0 aliphatic rings. The molecule has 0 aliphatic carbocycles. The van der Waals surface area contributed by atoms with Gasteiger partial charge in [-0.3, -0.25) is 4.79 Å². The highest BCUT2D eigenvalue weighted by Crippen LogP contribution is 2.34. The van der Waals surface area contributed by atoms with E-state index in [2.05, 4.69) is 25.6 Å². The number of rotatable bonds is 7. The fraction of sp³-hybridized carbons (Fsp3) is 0.304. The van der Waals surface area contributed by atoms with Gasteiger partial charge in [-0.2, -0.15) is 13.2 Å². The largest absolute Gasteiger partial charge is 0.488 e. The summed E-state index contributed by atoms with van der Waals surface area (Å²) in [5.41, 5.74) is 0.0652. The first-order valence-electron chi connectivity index (χ1n) is 10.6. The van der Waals surface area contributed by atoms with Crippen molar-refractivity contribution in [1.29, 1.82) is 0 Å². The number of carbonyl (C=O) groups is 1. The number of urea groups is 1. The lowest BCUT2D eigenvalue weighted by Crippen LogP contribution is -2.22. The molecule has 0 radical (unpaired) electrons. The third-order valence-electron chi connectivity index (χ3n) is 4.81. The first-order valence-corrected chi connectivity index (χ1v) is 10.6. The van der Waals surface area contributed by atoms with E-state index in [0.29, 0.717) is 17.9 Å². The van der Waals surface area contributed by atoms with Crippen molar-refractivity contribution in [1.82, 2.24) is 19.9 Å². The number of pyridine rings is 1. The fourth-order valence-corrected chi connectivity index (χ4v) is 3.26. The first kappa shape index (κ1) is 25.7. The molecule has 9 nitrogen and oxygen atoms in total. The molecule has 2 aromatic heterocycles. The van der Waals surface area contributed by atoms with E-state index in [4.69, 9.17) is 4.74 Å². The van der Waals surface area contributed by atoms with Gasteiger partial charge < -0.3 is 25.3 Å². The van der Waals surface area contributed by atoms with Gasteiger partial charge in [-0.15, -0.1) is 0 Å². The number of hydrogen-bond acceptors (Lipinski definition) is 6. The summed E-state index contributed by atoms with van der Waals surface area (Å²) in [6, 6.07) is 4.40. The van der Waals surface area contributed by atoms with E-state index < -0.39 is 17.8 Å². The van der Waals surface area contributed by atoms with Crippen LogP contribution in [0, 0.1) is 6.92 Å². The highest BCUT2D eigenvalue weighted by atomic mass is 19.4. The summed E-state index contributed by atoms with van der Waals surface area (Å²) in [5.74, 6) is 0.416. The van der Waals surface area contributed by atoms with E-state index in [1.807, 2.05) is 0 Å². The molecule has 3 rings (SSSR count). The van der Waals surface area contributed by atoms with Crippen LogP contribution < -0.4 is 20.9 Å². The van der Waals surface area contributed by atoms with E-state index in [0.717, 1.165) is 6.07 Å². The number of nitrogens with zero attached hydrogens (tertiary/aromatic N) is 3. The van der Waals surface area contributed by atoms with Gasteiger partial charge in [0.15, 0.2) is 11.6 Å². The summed E-state index contributed by atoms with van der Waals surface area (Å²) in [4.78, 5) is 36.9. The average molecular weight is 490 g/mol. The van der Waals surface area contributed by atoms with Crippen molar-refractivity contribution < 1.29 is 22.7 Å². The van der Waals surface area contributed by atoms with E-state index in [1.165, 1.54) is 30.6 Å². The standard InChI is InChI=1S/C23H25F3N6O3/c1-5-35-19-8-15(10-28-21(19)33)20-27-11-18(13(2)29-20)31-22(34)30-16-7-6-14(12-32(3)4)17(9-16)23(24,25)26/h6-11H,5,12H2,1-4H3,(H,28,33)(H2,30,31,34). The smallest absolute Gasteiger partial charge is 0.416 e. The zero-order valence-electron chi connectivity index (χ0n) is 19.6. The molecule has 3 aromatic rings. The van der Waals surface area contributed by atoms with Crippen LogP contribution in [0.1, 0.15) is 23.7 Å². The van der Waals surface area contributed by atoms with Crippen LogP contribution in [-0.4, -0.2) is 46.6 Å². The topological polar surface area (TPSA) is 112 Å². The fourth-order valence-electron chi connectivity index (χ4n) is 3.26. The van der Waals surface area contributed by atoms with Crippen molar-refractivity contribution in [3.05, 3.63) is 63.8 Å². The van der Waals surface area contributed by atoms with Gasteiger partial charge in [0.05, 0.1) is 29.7 Å². The number of H-pyrrole nitrogens is 1. The lowest BCUT2D eigenvalue weighted by molar-refractivity contribution is -0.138. The zero-order chi connectivity index (χ0) is 25.8. The lowest BCUT2D eigenvalue weighted by atomic mass is 10.1. The number of amides is 2. The number of halogens is 3. The van der Waals surface area contributed by atoms with Crippen LogP contribution in [0.25, 0.3) is 11.4 Å². The SMILES string of the molecule is CCOc1cc(-c2ncc(NC(=O)Nc3ccc(CN(C)C)c(C(F)(F)F)c3)c(C)n2)c[nH]c1=O. The average Bonchev–Trinajstić information content (AvgIpc) is 2.77. The number of anilines is 2. The molecule has 12 heteroatoms. The maximum Gasteiger partial charge on any atom is 0.416 e. The molecule has 0 bridgehead atoms. The van der Waals surface area contributed by atoms with Crippen molar-refractivity contribution in [2.75, 3.05) is 31.3 Å². The summed E-state index contributed by atoms with van der Waals surface area (Å²) < 4.78 is 45.8. The third-order valence-corrected chi connectivity index (χ3v) is 4.81. The molecular weight excluding hydrogens is 465 g/mol. The van der Waals surface area contributed by atoms with Crippen LogP contribution in [-0.2, 0) is 12.7 Å². The van der Waals surface area contributed by atoms with E-state index in [1.54, 1.807) is 32.8 Å². The van der Waals surface area contributed by atoms with Gasteiger partial charge in [0.25, 0.3) is 5.56 Å². The lowest BCUT2D eigenvalue weighted by Gasteiger charge is -2.18. The van der Waals surface area contributed by atoms with Crippen LogP contribution in [0.2, 0.25) is 0 Å². The molecular formula is C23H25F3N6O3. The number of benzene rings is 1. The molecule has 0 saturated carbocycles. The number of hydrogen-bond donors (Lipinski definition) is 3. The minimum absolute atomic E-state index is 0.00999. The molecule has 0 unspecified atom stereocenters. The highest BCUT2D eigenvalue weighted by molar-refractivity contribution is 6.00. The van der Waals surface area contributed by atoms with Gasteiger partial charge in [-0.1, -0.05) is 6.07 Å². The minimum Gasteiger partial charge on any atom is -0.488 e. The monoisotopic (exact) mass is 490 g/mol. The molecule has 0 aliphatic heterocycles. The molecule has 0 saturated heterocycles. The Morgan fingerprint density at radius 1 is 1.20 bits per heavy atom. The molecule has 0 spiro atoms. The first-order chi connectivity index (χ1) is 16.5. The van der Waals surface area contributed by atoms with Gasteiger partial charge in [0.2, 0.25) is 0 Å². The summed E-state index contributed by atoms with van der Waals surface area (Å²) in [6.45, 7) is 3.80. The molecule has 186 valence electrons. The predicted octanol–water partition coefficient (Wildman–Crippen LogP) is 4.26. The predicted molar refractivity (Wildman–Crippen MR) is 125 cm³/mol. The second-order valence-corrected chi connectivity index (χ2v) is 7.89. The molecule has 2 amide bonds. The van der Waals surface area contributed by atoms with Crippen molar-refractivity contribution >= 4 is 17.4 Å². The van der Waals surface area contributed by atoms with E-state index in [-0.39, 0.29) is 40.6 Å². The van der Waals surface area contributed by atoms with Crippen molar-refractivity contribution in [2.24, 2.45) is 0 Å². The molecule has 35 heavy (non-hydrogen) atoms. The Morgan fingerprint density at radius 2 is 1.94 bits per heavy atom. The molecule has 0 atom stereocenters. The number of aryl methyl sites for hydroxylation is 1. The quantitative estimate of drug-likeness (QED) is 0.456. The Labute approximate surface area is 199 Å². The van der Waals surface area contributed by atoms with Crippen LogP contribution in [0.3, 0.4) is 0 Å². The van der Waals surface area contributed by atoms with Crippen LogP contribution in [0.5, 0.6) is 5.75 Å². The van der Waals surface area contributed by atoms with E-state index in [9.17, 15) is 22.8 Å². The van der Waals surface area contributed by atoms with Gasteiger partial charge in [-0.05, 0) is 51.7 Å². The Balaban J connectivity index is 1.76. The third kappa shape index (κ3) is 6.57. The number of ether oxygens (including phenoxy) is 1. The maximum absolute atomic E-state index is 13.5. The highest BCUT2D eigenvalue weighted by Gasteiger charge is 2.33. The van der Waals surface area contributed by atoms with Gasteiger partial charge in [0, 0.05) is 24.0 Å². The summed E-state index contributed by atoms with van der Waals surface area (Å²) >= 11 is 0. The normalized spacial score (nSPS) is 11.4. The summed E-state index contributed by atoms with van der Waals surface area (Å²) in [5, 5.41) is 4.95. The van der Waals surface area contributed by atoms with Crippen LogP contribution >= 0.6 is 0 Å². The molecule has 0 fully saturated rings. The van der Waals surface area contributed by atoms with E-state index >= 15 is 0 Å². The van der Waals surface area contributed by atoms with Crippen molar-refractivity contribution in [2.45, 2.75) is 26.6 Å². The molecule has 3 N–H and O–H groups in total. The Kier molecular flexibility index (Phi) is 7.75. The number of nitrogens with one attached hydrogen (secondary N) is 3. The van der Waals surface area contributed by atoms with Crippen molar-refractivity contribution in [3.8, 4) is 17.1 Å². The minimum atomic E-state index is -4.57. The zero-order valence-corrected chi connectivity index (χ0v) is 19.6. The molecule has 2 heterocycles. The second-order valence-electron chi connectivity index (χ2n) is 7.89. The van der Waals surface area contributed by atoms with Crippen molar-refractivity contribution in [3.63, 3.8) is 0 Å². The summed E-state index contributed by atoms with van der Waals surface area (Å²) in [7, 11) is 3.34. The number of carbonyl (C=O) groups excluding carboxylic acids is 1. The Morgan fingerprint density at radius 3 is 2.57 bits per heavy atom. The number of alkyl halides is 3. The Bertz CT molecular complexity index is 1270. The number of aromatic amines is 1. The van der Waals surface area contributed by atoms with Crippen LogP contribution in [0.4, 0.5) is 29.3 Å². The molecule has 1 aromatic carbocycles. The Hall–Kier alpha value is -3.93. The van der Waals surface area contributed by atoms with Crippen LogP contribution in [0.15, 0.2) is 41.5 Å². The summed E-state index contributed by atoms with van der Waals surface area (Å²) in [6.07, 6.45) is -1.76.